The molecule has 2 unspecified atom stereocenters. The van der Waals surface area contributed by atoms with Gasteiger partial charge in [-0.2, -0.15) is 0 Å². The highest BCUT2D eigenvalue weighted by Gasteiger charge is 2.19. The molecule has 20 heavy (non-hydrogen) atoms. The van der Waals surface area contributed by atoms with Crippen LogP contribution >= 0.6 is 0 Å². The van der Waals surface area contributed by atoms with Crippen LogP contribution in [-0.2, 0) is 28.5 Å². The zero-order valence-corrected chi connectivity index (χ0v) is 12.8. The van der Waals surface area contributed by atoms with Crippen molar-refractivity contribution in [3.63, 3.8) is 0 Å². The van der Waals surface area contributed by atoms with Crippen LogP contribution in [0.15, 0.2) is 0 Å². The summed E-state index contributed by atoms with van der Waals surface area (Å²) in [6.45, 7) is 8.80. The van der Waals surface area contributed by atoms with E-state index in [1.165, 1.54) is 0 Å². The highest BCUT2D eigenvalue weighted by atomic mass is 16.7. The second kappa shape index (κ2) is 11.7. The highest BCUT2D eigenvalue weighted by molar-refractivity contribution is 5.91. The second-order valence-electron chi connectivity index (χ2n) is 4.25. The van der Waals surface area contributed by atoms with Crippen LogP contribution < -0.4 is 0 Å². The van der Waals surface area contributed by atoms with Crippen LogP contribution in [0.25, 0.3) is 0 Å². The van der Waals surface area contributed by atoms with Crippen LogP contribution in [0.5, 0.6) is 0 Å². The van der Waals surface area contributed by atoms with E-state index in [0.29, 0.717) is 32.7 Å². The summed E-state index contributed by atoms with van der Waals surface area (Å²) in [6.07, 6.45) is -0.140. The Hall–Kier alpha value is -1.14. The van der Waals surface area contributed by atoms with Crippen molar-refractivity contribution >= 4 is 11.9 Å². The molecule has 0 saturated carbocycles. The molecule has 0 spiro atoms. The zero-order chi connectivity index (χ0) is 15.4. The van der Waals surface area contributed by atoms with Crippen LogP contribution in [-0.4, -0.2) is 44.2 Å². The SMILES string of the molecule is CCOCCC(OCC)OC(=O)CC(=O)OC(C)CC. The van der Waals surface area contributed by atoms with Gasteiger partial charge in [0.1, 0.15) is 6.42 Å². The third-order valence-corrected chi connectivity index (χ3v) is 2.51. The third-order valence-electron chi connectivity index (χ3n) is 2.51. The average Bonchev–Trinajstić information content (AvgIpc) is 2.38. The predicted molar refractivity (Wildman–Crippen MR) is 73.1 cm³/mol. The third kappa shape index (κ3) is 9.75. The summed E-state index contributed by atoms with van der Waals surface area (Å²) >= 11 is 0. The molecule has 0 N–H and O–H groups in total. The summed E-state index contributed by atoms with van der Waals surface area (Å²) in [4.78, 5) is 23.0. The van der Waals surface area contributed by atoms with Gasteiger partial charge in [0.25, 0.3) is 0 Å². The van der Waals surface area contributed by atoms with Crippen LogP contribution in [0.3, 0.4) is 0 Å². The van der Waals surface area contributed by atoms with Crippen molar-refractivity contribution in [3.05, 3.63) is 0 Å². The first-order valence-corrected chi connectivity index (χ1v) is 7.11. The largest absolute Gasteiger partial charge is 0.462 e. The summed E-state index contributed by atoms with van der Waals surface area (Å²) in [6, 6.07) is 0. The minimum atomic E-state index is -0.685. The van der Waals surface area contributed by atoms with E-state index >= 15 is 0 Å². The Kier molecular flexibility index (Phi) is 11.0. The number of hydrogen-bond acceptors (Lipinski definition) is 6. The van der Waals surface area contributed by atoms with Gasteiger partial charge in [-0.15, -0.1) is 0 Å². The number of hydrogen-bond donors (Lipinski definition) is 0. The van der Waals surface area contributed by atoms with Crippen molar-refractivity contribution in [2.45, 2.75) is 59.4 Å². The van der Waals surface area contributed by atoms with Crippen molar-refractivity contribution in [2.75, 3.05) is 19.8 Å². The van der Waals surface area contributed by atoms with Crippen molar-refractivity contribution in [1.29, 1.82) is 0 Å². The standard InChI is InChI=1S/C14H26O6/c1-5-11(4)19-12(15)10-13(16)20-14(18-7-3)8-9-17-6-2/h11,14H,5-10H2,1-4H3. The van der Waals surface area contributed by atoms with Gasteiger partial charge in [-0.25, -0.2) is 0 Å². The van der Waals surface area contributed by atoms with E-state index in [-0.39, 0.29) is 6.10 Å². The molecule has 0 aromatic heterocycles. The molecule has 0 bridgehead atoms. The van der Waals surface area contributed by atoms with E-state index in [2.05, 4.69) is 0 Å². The smallest absolute Gasteiger partial charge is 0.319 e. The van der Waals surface area contributed by atoms with Crippen molar-refractivity contribution in [1.82, 2.24) is 0 Å². The molecule has 118 valence electrons. The molecule has 0 aliphatic rings. The van der Waals surface area contributed by atoms with E-state index in [4.69, 9.17) is 18.9 Å². The maximum Gasteiger partial charge on any atom is 0.319 e. The molecule has 0 saturated heterocycles. The van der Waals surface area contributed by atoms with Gasteiger partial charge in [0.15, 0.2) is 0 Å². The average molecular weight is 290 g/mol. The van der Waals surface area contributed by atoms with E-state index < -0.39 is 24.6 Å². The van der Waals surface area contributed by atoms with Crippen LogP contribution in [0.2, 0.25) is 0 Å². The van der Waals surface area contributed by atoms with Gasteiger partial charge in [0, 0.05) is 19.6 Å². The summed E-state index contributed by atoms with van der Waals surface area (Å²) in [5, 5.41) is 0. The van der Waals surface area contributed by atoms with Gasteiger partial charge in [-0.3, -0.25) is 9.59 Å². The molecule has 0 fully saturated rings. The number of esters is 2. The molecule has 0 amide bonds. The molecule has 0 heterocycles. The Balaban J connectivity index is 4.07. The van der Waals surface area contributed by atoms with Gasteiger partial charge < -0.3 is 18.9 Å². The zero-order valence-electron chi connectivity index (χ0n) is 12.8. The lowest BCUT2D eigenvalue weighted by atomic mass is 10.3. The van der Waals surface area contributed by atoms with Gasteiger partial charge >= 0.3 is 11.9 Å². The van der Waals surface area contributed by atoms with Gasteiger partial charge in [0.05, 0.1) is 12.7 Å². The molecular weight excluding hydrogens is 264 g/mol. The number of carbonyl (C=O) groups is 2. The molecule has 0 radical (unpaired) electrons. The summed E-state index contributed by atoms with van der Waals surface area (Å²) in [5.74, 6) is -1.22. The maximum absolute atomic E-state index is 11.6. The first-order valence-electron chi connectivity index (χ1n) is 7.11. The Morgan fingerprint density at radius 1 is 1.00 bits per heavy atom. The minimum absolute atomic E-state index is 0.198. The summed E-state index contributed by atoms with van der Waals surface area (Å²) in [7, 11) is 0. The predicted octanol–water partition coefficient (Wildman–Crippen LogP) is 2.05. The minimum Gasteiger partial charge on any atom is -0.462 e. The second-order valence-corrected chi connectivity index (χ2v) is 4.25. The van der Waals surface area contributed by atoms with Crippen LogP contribution in [0.4, 0.5) is 0 Å². The van der Waals surface area contributed by atoms with E-state index in [9.17, 15) is 9.59 Å². The van der Waals surface area contributed by atoms with Crippen molar-refractivity contribution < 1.29 is 28.5 Å². The fourth-order valence-corrected chi connectivity index (χ4v) is 1.34. The molecule has 0 aromatic rings. The Bertz CT molecular complexity index is 279. The molecule has 2 atom stereocenters. The van der Waals surface area contributed by atoms with E-state index in [0.717, 1.165) is 0 Å². The number of ether oxygens (including phenoxy) is 4. The topological polar surface area (TPSA) is 71.1 Å². The molecule has 6 heteroatoms. The fraction of sp³-hybridized carbons (Fsp3) is 0.857. The number of carbonyl (C=O) groups excluding carboxylic acids is 2. The van der Waals surface area contributed by atoms with Crippen LogP contribution in [0.1, 0.15) is 47.0 Å². The molecule has 0 aromatic carbocycles. The lowest BCUT2D eigenvalue weighted by molar-refractivity contribution is -0.184. The van der Waals surface area contributed by atoms with Gasteiger partial charge in [0.2, 0.25) is 6.29 Å². The van der Waals surface area contributed by atoms with E-state index in [1.807, 2.05) is 13.8 Å². The Labute approximate surface area is 120 Å². The molecule has 6 nitrogen and oxygen atoms in total. The quantitative estimate of drug-likeness (QED) is 0.251. The lowest BCUT2D eigenvalue weighted by Crippen LogP contribution is -2.26. The molecule has 0 rings (SSSR count). The van der Waals surface area contributed by atoms with E-state index in [1.54, 1.807) is 13.8 Å². The highest BCUT2D eigenvalue weighted by Crippen LogP contribution is 2.06. The normalized spacial score (nSPS) is 13.6. The summed E-state index contributed by atoms with van der Waals surface area (Å²) in [5.41, 5.74) is 0. The fourth-order valence-electron chi connectivity index (χ4n) is 1.34. The molecule has 0 aliphatic heterocycles. The Morgan fingerprint density at radius 3 is 2.20 bits per heavy atom. The lowest BCUT2D eigenvalue weighted by Gasteiger charge is -2.17. The summed E-state index contributed by atoms with van der Waals surface area (Å²) < 4.78 is 20.5. The maximum atomic E-state index is 11.6. The Morgan fingerprint density at radius 2 is 1.65 bits per heavy atom. The molecular formula is C14H26O6. The monoisotopic (exact) mass is 290 g/mol. The molecule has 0 aliphatic carbocycles. The van der Waals surface area contributed by atoms with Crippen LogP contribution in [0, 0.1) is 0 Å². The van der Waals surface area contributed by atoms with Gasteiger partial charge in [-0.1, -0.05) is 6.92 Å². The first kappa shape index (κ1) is 18.9. The first-order chi connectivity index (χ1) is 9.53. The van der Waals surface area contributed by atoms with Gasteiger partial charge in [-0.05, 0) is 27.2 Å². The number of rotatable bonds is 11. The van der Waals surface area contributed by atoms with Crippen molar-refractivity contribution in [2.24, 2.45) is 0 Å². The van der Waals surface area contributed by atoms with Crippen molar-refractivity contribution in [3.8, 4) is 0 Å².